The molecule has 1 aromatic heterocycles. The molecule has 2 rings (SSSR count). The van der Waals surface area contributed by atoms with Gasteiger partial charge in [-0.3, -0.25) is 15.1 Å². The molecule has 0 atom stereocenters. The predicted molar refractivity (Wildman–Crippen MR) is 74.7 cm³/mol. The highest BCUT2D eigenvalue weighted by atomic mass is 35.5. The summed E-state index contributed by atoms with van der Waals surface area (Å²) in [5.41, 5.74) is -0.918. The largest absolute Gasteiger partial charge is 0.416 e. The van der Waals surface area contributed by atoms with E-state index in [2.05, 4.69) is 4.99 Å². The highest BCUT2D eigenvalue weighted by molar-refractivity contribution is 7.16. The van der Waals surface area contributed by atoms with Crippen molar-refractivity contribution in [3.05, 3.63) is 55.9 Å². The fourth-order valence-corrected chi connectivity index (χ4v) is 2.29. The van der Waals surface area contributed by atoms with Gasteiger partial charge in [-0.2, -0.15) is 13.2 Å². The van der Waals surface area contributed by atoms with Crippen molar-refractivity contribution in [1.29, 1.82) is 0 Å². The van der Waals surface area contributed by atoms with Crippen LogP contribution in [0.3, 0.4) is 0 Å². The molecule has 0 spiro atoms. The molecule has 2 aromatic rings. The molecule has 0 radical (unpaired) electrons. The van der Waals surface area contributed by atoms with Crippen molar-refractivity contribution in [2.24, 2.45) is 4.99 Å². The molecule has 0 aliphatic heterocycles. The third-order valence-electron chi connectivity index (χ3n) is 2.40. The molecular formula is C12H6ClF3N2O2S. The molecular weight excluding hydrogens is 329 g/mol. The average molecular weight is 335 g/mol. The Hall–Kier alpha value is -1.93. The number of benzene rings is 1. The number of rotatable bonds is 3. The fourth-order valence-electron chi connectivity index (χ4n) is 1.43. The van der Waals surface area contributed by atoms with Crippen LogP contribution in [0.4, 0.5) is 23.9 Å². The molecule has 0 saturated carbocycles. The van der Waals surface area contributed by atoms with Gasteiger partial charge in [0.2, 0.25) is 0 Å². The van der Waals surface area contributed by atoms with E-state index in [1.54, 1.807) is 0 Å². The Balaban J connectivity index is 2.29. The molecule has 0 amide bonds. The maximum absolute atomic E-state index is 12.6. The highest BCUT2D eigenvalue weighted by Crippen LogP contribution is 2.35. The van der Waals surface area contributed by atoms with Gasteiger partial charge in [0.25, 0.3) is 0 Å². The molecule has 1 aromatic carbocycles. The highest BCUT2D eigenvalue weighted by Gasteiger charge is 2.30. The van der Waals surface area contributed by atoms with Gasteiger partial charge in [-0.15, -0.1) is 0 Å². The van der Waals surface area contributed by atoms with Crippen LogP contribution in [0.15, 0.2) is 35.3 Å². The van der Waals surface area contributed by atoms with Crippen molar-refractivity contribution < 1.29 is 18.1 Å². The van der Waals surface area contributed by atoms with Crippen LogP contribution in [-0.4, -0.2) is 11.1 Å². The molecule has 0 aliphatic carbocycles. The lowest BCUT2D eigenvalue weighted by molar-refractivity contribution is -0.380. The predicted octanol–water partition coefficient (Wildman–Crippen LogP) is 5.08. The number of nitro groups is 1. The third-order valence-corrected chi connectivity index (χ3v) is 3.69. The van der Waals surface area contributed by atoms with Gasteiger partial charge in [-0.25, -0.2) is 0 Å². The van der Waals surface area contributed by atoms with Crippen molar-refractivity contribution in [3.8, 4) is 0 Å². The van der Waals surface area contributed by atoms with Crippen LogP contribution < -0.4 is 0 Å². The van der Waals surface area contributed by atoms with Crippen molar-refractivity contribution in [1.82, 2.24) is 0 Å². The van der Waals surface area contributed by atoms with Crippen LogP contribution in [0, 0.1) is 10.1 Å². The van der Waals surface area contributed by atoms with E-state index >= 15 is 0 Å². The number of alkyl halides is 3. The first kappa shape index (κ1) is 15.5. The Morgan fingerprint density at radius 2 is 2.00 bits per heavy atom. The molecule has 0 saturated heterocycles. The number of hydrogen-bond acceptors (Lipinski definition) is 4. The number of thiophene rings is 1. The summed E-state index contributed by atoms with van der Waals surface area (Å²) >= 11 is 6.64. The van der Waals surface area contributed by atoms with Crippen LogP contribution in [-0.2, 0) is 6.18 Å². The second-order valence-corrected chi connectivity index (χ2v) is 5.36. The SMILES string of the molecule is O=[N+]([O-])c1ccc(C=Nc2cc(C(F)(F)F)ccc2Cl)s1. The van der Waals surface area contributed by atoms with Crippen LogP contribution in [0.2, 0.25) is 5.02 Å². The van der Waals surface area contributed by atoms with Crippen LogP contribution in [0.25, 0.3) is 0 Å². The van der Waals surface area contributed by atoms with Gasteiger partial charge < -0.3 is 0 Å². The van der Waals surface area contributed by atoms with E-state index in [1.165, 1.54) is 18.3 Å². The second kappa shape index (κ2) is 5.82. The molecule has 0 bridgehead atoms. The van der Waals surface area contributed by atoms with Crippen molar-refractivity contribution in [3.63, 3.8) is 0 Å². The van der Waals surface area contributed by atoms with Crippen molar-refractivity contribution >= 4 is 39.8 Å². The number of hydrogen-bond donors (Lipinski definition) is 0. The quantitative estimate of drug-likeness (QED) is 0.446. The first-order valence-corrected chi connectivity index (χ1v) is 6.62. The van der Waals surface area contributed by atoms with E-state index in [0.29, 0.717) is 4.88 Å². The van der Waals surface area contributed by atoms with Gasteiger partial charge in [0.15, 0.2) is 0 Å². The van der Waals surface area contributed by atoms with E-state index in [9.17, 15) is 23.3 Å². The van der Waals surface area contributed by atoms with Gasteiger partial charge in [-0.05, 0) is 24.3 Å². The van der Waals surface area contributed by atoms with Gasteiger partial charge in [0.1, 0.15) is 0 Å². The zero-order valence-electron chi connectivity index (χ0n) is 10.1. The molecule has 9 heteroatoms. The second-order valence-electron chi connectivity index (χ2n) is 3.86. The van der Waals surface area contributed by atoms with E-state index in [0.717, 1.165) is 29.5 Å². The zero-order chi connectivity index (χ0) is 15.6. The first-order chi connectivity index (χ1) is 9.77. The molecule has 21 heavy (non-hydrogen) atoms. The Labute approximate surface area is 125 Å². The lowest BCUT2D eigenvalue weighted by Crippen LogP contribution is -2.04. The molecule has 110 valence electrons. The summed E-state index contributed by atoms with van der Waals surface area (Å²) in [5, 5.41) is 10.5. The summed E-state index contributed by atoms with van der Waals surface area (Å²) in [6, 6.07) is 5.53. The van der Waals surface area contributed by atoms with E-state index in [-0.39, 0.29) is 15.7 Å². The molecule has 0 fully saturated rings. The van der Waals surface area contributed by atoms with E-state index in [1.807, 2.05) is 0 Å². The summed E-state index contributed by atoms with van der Waals surface area (Å²) in [6.07, 6.45) is -3.25. The van der Waals surface area contributed by atoms with Crippen LogP contribution >= 0.6 is 22.9 Å². The minimum Gasteiger partial charge on any atom is -0.258 e. The summed E-state index contributed by atoms with van der Waals surface area (Å²) in [4.78, 5) is 14.3. The zero-order valence-corrected chi connectivity index (χ0v) is 11.7. The number of halogens is 4. The third kappa shape index (κ3) is 3.79. The maximum atomic E-state index is 12.6. The first-order valence-electron chi connectivity index (χ1n) is 5.42. The lowest BCUT2D eigenvalue weighted by Gasteiger charge is -2.07. The molecule has 4 nitrogen and oxygen atoms in total. The molecule has 0 N–H and O–H groups in total. The van der Waals surface area contributed by atoms with E-state index in [4.69, 9.17) is 11.6 Å². The normalized spacial score (nSPS) is 12.0. The molecule has 0 aliphatic rings. The van der Waals surface area contributed by atoms with Gasteiger partial charge in [-0.1, -0.05) is 22.9 Å². The van der Waals surface area contributed by atoms with Crippen molar-refractivity contribution in [2.45, 2.75) is 6.18 Å². The molecule has 1 heterocycles. The number of nitrogens with zero attached hydrogens (tertiary/aromatic N) is 2. The Bertz CT molecular complexity index is 713. The summed E-state index contributed by atoms with van der Waals surface area (Å²) in [5.74, 6) is 0. The minimum atomic E-state index is -4.49. The lowest BCUT2D eigenvalue weighted by atomic mass is 10.2. The van der Waals surface area contributed by atoms with Crippen LogP contribution in [0.5, 0.6) is 0 Å². The Morgan fingerprint density at radius 3 is 2.57 bits per heavy atom. The molecule has 0 unspecified atom stereocenters. The summed E-state index contributed by atoms with van der Waals surface area (Å²) < 4.78 is 37.8. The summed E-state index contributed by atoms with van der Waals surface area (Å²) in [6.45, 7) is 0. The van der Waals surface area contributed by atoms with Gasteiger partial charge in [0, 0.05) is 12.3 Å². The smallest absolute Gasteiger partial charge is 0.258 e. The fraction of sp³-hybridized carbons (Fsp3) is 0.0833. The van der Waals surface area contributed by atoms with Gasteiger partial charge >= 0.3 is 11.2 Å². The van der Waals surface area contributed by atoms with Crippen molar-refractivity contribution in [2.75, 3.05) is 0 Å². The monoisotopic (exact) mass is 334 g/mol. The maximum Gasteiger partial charge on any atom is 0.416 e. The Kier molecular flexibility index (Phi) is 4.29. The topological polar surface area (TPSA) is 55.5 Å². The summed E-state index contributed by atoms with van der Waals surface area (Å²) in [7, 11) is 0. The average Bonchev–Trinajstić information content (AvgIpc) is 2.85. The van der Waals surface area contributed by atoms with E-state index < -0.39 is 16.7 Å². The van der Waals surface area contributed by atoms with Gasteiger partial charge in [0.05, 0.1) is 26.1 Å². The minimum absolute atomic E-state index is 0.0532. The number of aliphatic imine (C=N–C) groups is 1. The van der Waals surface area contributed by atoms with Crippen LogP contribution in [0.1, 0.15) is 10.4 Å². The standard InChI is InChI=1S/C12H6ClF3N2O2S/c13-9-3-1-7(12(14,15)16)5-10(9)17-6-8-2-4-11(21-8)18(19)20/h1-6H. The Morgan fingerprint density at radius 1 is 1.29 bits per heavy atom.